The number of rotatable bonds is 5. The van der Waals surface area contributed by atoms with Crippen molar-refractivity contribution in [2.45, 2.75) is 20.0 Å². The standard InChI is InChI=1S/C17H21N5O4/c1-4-19-17(24)22-7-10-11(8-22)20-21-14(10)13-9(16(18)23)5-6-12(25-2)15(13)26-3/h5-6H,4,7-8H2,1-3H3,(H2,18,23)(H,19,24)(H,20,21). The van der Waals surface area contributed by atoms with Crippen LogP contribution in [0.15, 0.2) is 12.1 Å². The first-order valence-corrected chi connectivity index (χ1v) is 8.15. The van der Waals surface area contributed by atoms with Gasteiger partial charge in [0.15, 0.2) is 11.5 Å². The topological polar surface area (TPSA) is 123 Å². The van der Waals surface area contributed by atoms with Crippen LogP contribution in [0.5, 0.6) is 11.5 Å². The maximum atomic E-state index is 12.1. The Kier molecular flexibility index (Phi) is 4.70. The van der Waals surface area contributed by atoms with Crippen LogP contribution in [0.25, 0.3) is 11.3 Å². The Morgan fingerprint density at radius 2 is 2.08 bits per heavy atom. The van der Waals surface area contributed by atoms with Crippen LogP contribution in [-0.2, 0) is 13.1 Å². The minimum absolute atomic E-state index is 0.157. The number of primary amides is 1. The van der Waals surface area contributed by atoms with Crippen LogP contribution < -0.4 is 20.5 Å². The maximum Gasteiger partial charge on any atom is 0.318 e. The summed E-state index contributed by atoms with van der Waals surface area (Å²) >= 11 is 0. The number of H-pyrrole nitrogens is 1. The average molecular weight is 359 g/mol. The molecule has 0 fully saturated rings. The third kappa shape index (κ3) is 2.81. The molecule has 0 spiro atoms. The van der Waals surface area contributed by atoms with Crippen molar-refractivity contribution in [2.75, 3.05) is 20.8 Å². The van der Waals surface area contributed by atoms with E-state index in [1.807, 2.05) is 6.92 Å². The predicted octanol–water partition coefficient (Wildman–Crippen LogP) is 1.24. The minimum atomic E-state index is -0.601. The summed E-state index contributed by atoms with van der Waals surface area (Å²) < 4.78 is 10.8. The maximum absolute atomic E-state index is 12.1. The fourth-order valence-corrected chi connectivity index (χ4v) is 3.12. The third-order valence-electron chi connectivity index (χ3n) is 4.31. The Bertz CT molecular complexity index is 861. The Balaban J connectivity index is 2.10. The van der Waals surface area contributed by atoms with Gasteiger partial charge in [0.25, 0.3) is 0 Å². The van der Waals surface area contributed by atoms with Crippen molar-refractivity contribution in [3.05, 3.63) is 29.0 Å². The number of nitrogens with zero attached hydrogens (tertiary/aromatic N) is 2. The van der Waals surface area contributed by atoms with Gasteiger partial charge in [0, 0.05) is 12.1 Å². The second-order valence-corrected chi connectivity index (χ2v) is 5.81. The van der Waals surface area contributed by atoms with Gasteiger partial charge in [-0.25, -0.2) is 4.79 Å². The van der Waals surface area contributed by atoms with Gasteiger partial charge in [0.1, 0.15) is 5.69 Å². The third-order valence-corrected chi connectivity index (χ3v) is 4.31. The molecule has 9 heteroatoms. The number of nitrogens with one attached hydrogen (secondary N) is 2. The highest BCUT2D eigenvalue weighted by atomic mass is 16.5. The van der Waals surface area contributed by atoms with Crippen molar-refractivity contribution in [3.63, 3.8) is 0 Å². The summed E-state index contributed by atoms with van der Waals surface area (Å²) in [5, 5.41) is 10.1. The number of amides is 3. The number of aromatic nitrogens is 2. The van der Waals surface area contributed by atoms with Crippen molar-refractivity contribution in [2.24, 2.45) is 5.73 Å². The van der Waals surface area contributed by atoms with Crippen molar-refractivity contribution >= 4 is 11.9 Å². The normalized spacial score (nSPS) is 12.7. The number of fused-ring (bicyclic) bond motifs is 1. The summed E-state index contributed by atoms with van der Waals surface area (Å²) in [6, 6.07) is 3.04. The van der Waals surface area contributed by atoms with Crippen LogP contribution in [0.3, 0.4) is 0 Å². The SMILES string of the molecule is CCNC(=O)N1Cc2[nH]nc(-c3c(C(N)=O)ccc(OC)c3OC)c2C1. The first kappa shape index (κ1) is 17.6. The van der Waals surface area contributed by atoms with E-state index in [-0.39, 0.29) is 11.6 Å². The van der Waals surface area contributed by atoms with Gasteiger partial charge in [-0.05, 0) is 19.1 Å². The number of hydrogen-bond donors (Lipinski definition) is 3. The fraction of sp³-hybridized carbons (Fsp3) is 0.353. The monoisotopic (exact) mass is 359 g/mol. The highest BCUT2D eigenvalue weighted by molar-refractivity contribution is 6.02. The van der Waals surface area contributed by atoms with Crippen LogP contribution in [0.4, 0.5) is 4.79 Å². The van der Waals surface area contributed by atoms with Crippen molar-refractivity contribution < 1.29 is 19.1 Å². The zero-order valence-electron chi connectivity index (χ0n) is 14.9. The van der Waals surface area contributed by atoms with E-state index >= 15 is 0 Å². The van der Waals surface area contributed by atoms with E-state index in [2.05, 4.69) is 15.5 Å². The molecule has 0 radical (unpaired) electrons. The molecule has 9 nitrogen and oxygen atoms in total. The molecule has 4 N–H and O–H groups in total. The van der Waals surface area contributed by atoms with Crippen LogP contribution in [0.2, 0.25) is 0 Å². The second-order valence-electron chi connectivity index (χ2n) is 5.81. The fourth-order valence-electron chi connectivity index (χ4n) is 3.12. The molecule has 0 bridgehead atoms. The van der Waals surface area contributed by atoms with Gasteiger partial charge < -0.3 is 25.4 Å². The molecule has 0 saturated carbocycles. The first-order valence-electron chi connectivity index (χ1n) is 8.15. The lowest BCUT2D eigenvalue weighted by Crippen LogP contribution is -2.36. The molecule has 1 aliphatic rings. The molecule has 0 aliphatic carbocycles. The van der Waals surface area contributed by atoms with E-state index in [0.717, 1.165) is 11.3 Å². The summed E-state index contributed by atoms with van der Waals surface area (Å²) in [6.07, 6.45) is 0. The quantitative estimate of drug-likeness (QED) is 0.741. The molecule has 0 unspecified atom stereocenters. The molecule has 0 saturated heterocycles. The van der Waals surface area contributed by atoms with Gasteiger partial charge in [0.2, 0.25) is 5.91 Å². The van der Waals surface area contributed by atoms with E-state index < -0.39 is 5.91 Å². The number of hydrogen-bond acceptors (Lipinski definition) is 5. The number of nitrogens with two attached hydrogens (primary N) is 1. The van der Waals surface area contributed by atoms with E-state index in [0.29, 0.717) is 42.4 Å². The number of methoxy groups -OCH3 is 2. The van der Waals surface area contributed by atoms with Gasteiger partial charge in [-0.3, -0.25) is 9.89 Å². The lowest BCUT2D eigenvalue weighted by atomic mass is 9.98. The van der Waals surface area contributed by atoms with Crippen molar-refractivity contribution in [3.8, 4) is 22.8 Å². The predicted molar refractivity (Wildman–Crippen MR) is 94.0 cm³/mol. The Morgan fingerprint density at radius 1 is 1.31 bits per heavy atom. The van der Waals surface area contributed by atoms with E-state index in [4.69, 9.17) is 15.2 Å². The van der Waals surface area contributed by atoms with Crippen molar-refractivity contribution in [1.82, 2.24) is 20.4 Å². The van der Waals surface area contributed by atoms with Crippen LogP contribution in [0, 0.1) is 0 Å². The lowest BCUT2D eigenvalue weighted by Gasteiger charge is -2.17. The number of carbonyl (C=O) groups is 2. The van der Waals surface area contributed by atoms with Gasteiger partial charge in [-0.2, -0.15) is 5.10 Å². The Morgan fingerprint density at radius 3 is 2.69 bits per heavy atom. The summed E-state index contributed by atoms with van der Waals surface area (Å²) in [7, 11) is 3.00. The number of carbonyl (C=O) groups excluding carboxylic acids is 2. The molecule has 0 atom stereocenters. The zero-order valence-corrected chi connectivity index (χ0v) is 14.9. The van der Waals surface area contributed by atoms with E-state index in [1.54, 1.807) is 17.0 Å². The molecule has 3 amide bonds. The number of ether oxygens (including phenoxy) is 2. The first-order chi connectivity index (χ1) is 12.5. The molecule has 1 aromatic carbocycles. The average Bonchev–Trinajstić information content (AvgIpc) is 3.21. The molecule has 1 aromatic heterocycles. The smallest absolute Gasteiger partial charge is 0.318 e. The summed E-state index contributed by atoms with van der Waals surface area (Å²) in [5.74, 6) is 0.230. The molecule has 2 aromatic rings. The Hall–Kier alpha value is -3.23. The van der Waals surface area contributed by atoms with Gasteiger partial charge in [-0.15, -0.1) is 0 Å². The number of benzene rings is 1. The van der Waals surface area contributed by atoms with Gasteiger partial charge in [-0.1, -0.05) is 0 Å². The highest BCUT2D eigenvalue weighted by Crippen LogP contribution is 2.43. The highest BCUT2D eigenvalue weighted by Gasteiger charge is 2.31. The molecule has 26 heavy (non-hydrogen) atoms. The van der Waals surface area contributed by atoms with Crippen LogP contribution >= 0.6 is 0 Å². The lowest BCUT2D eigenvalue weighted by molar-refractivity contribution is 0.100. The van der Waals surface area contributed by atoms with Crippen LogP contribution in [0.1, 0.15) is 28.5 Å². The van der Waals surface area contributed by atoms with E-state index in [9.17, 15) is 9.59 Å². The van der Waals surface area contributed by atoms with Gasteiger partial charge >= 0.3 is 6.03 Å². The number of urea groups is 1. The summed E-state index contributed by atoms with van der Waals surface area (Å²) in [5.41, 5.74) is 8.43. The minimum Gasteiger partial charge on any atom is -0.493 e. The molecular weight excluding hydrogens is 338 g/mol. The molecule has 2 heterocycles. The number of aromatic amines is 1. The van der Waals surface area contributed by atoms with Crippen LogP contribution in [-0.4, -0.2) is 47.8 Å². The van der Waals surface area contributed by atoms with Gasteiger partial charge in [0.05, 0.1) is 44.1 Å². The Labute approximate surface area is 150 Å². The molecule has 3 rings (SSSR count). The van der Waals surface area contributed by atoms with E-state index in [1.165, 1.54) is 14.2 Å². The molecule has 1 aliphatic heterocycles. The molecular formula is C17H21N5O4. The summed E-state index contributed by atoms with van der Waals surface area (Å²) in [4.78, 5) is 25.7. The second kappa shape index (κ2) is 6.95. The van der Waals surface area contributed by atoms with Crippen molar-refractivity contribution in [1.29, 1.82) is 0 Å². The summed E-state index contributed by atoms with van der Waals surface area (Å²) in [6.45, 7) is 3.18. The largest absolute Gasteiger partial charge is 0.493 e. The molecule has 138 valence electrons. The zero-order chi connectivity index (χ0) is 18.8.